The molecule has 154 valence electrons. The molecule has 3 N–H and O–H groups in total. The summed E-state index contributed by atoms with van der Waals surface area (Å²) in [6.45, 7) is 1.85. The number of carbonyl (C=O) groups is 1. The number of rotatable bonds is 4. The third-order valence-corrected chi connectivity index (χ3v) is 6.14. The van der Waals surface area contributed by atoms with Gasteiger partial charge >= 0.3 is 0 Å². The largest absolute Gasteiger partial charge is 0.348 e. The van der Waals surface area contributed by atoms with Crippen molar-refractivity contribution in [2.45, 2.75) is 31.3 Å². The molecule has 1 saturated heterocycles. The third kappa shape index (κ3) is 3.43. The van der Waals surface area contributed by atoms with Crippen LogP contribution in [0.2, 0.25) is 0 Å². The summed E-state index contributed by atoms with van der Waals surface area (Å²) in [5.74, 6) is 0.339. The molecule has 0 aromatic carbocycles. The minimum atomic E-state index is -0.605. The Bertz CT molecular complexity index is 1110. The van der Waals surface area contributed by atoms with E-state index in [0.29, 0.717) is 26.1 Å². The normalized spacial score (nSPS) is 21.2. The van der Waals surface area contributed by atoms with E-state index in [9.17, 15) is 9.59 Å². The molecule has 5 rings (SSSR count). The fraction of sp³-hybridized carbons (Fsp3) is 0.364. The van der Waals surface area contributed by atoms with Gasteiger partial charge in [-0.25, -0.2) is 4.98 Å². The predicted molar refractivity (Wildman–Crippen MR) is 112 cm³/mol. The molecule has 3 aromatic rings. The molecule has 0 saturated carbocycles. The van der Waals surface area contributed by atoms with Crippen molar-refractivity contribution in [3.8, 4) is 11.3 Å². The number of likely N-dealkylation sites (tertiary alicyclic amines) is 1. The number of H-pyrrole nitrogens is 1. The van der Waals surface area contributed by atoms with Crippen LogP contribution < -0.4 is 11.3 Å². The highest BCUT2D eigenvalue weighted by Crippen LogP contribution is 2.36. The number of aromatic nitrogens is 4. The van der Waals surface area contributed by atoms with Crippen molar-refractivity contribution in [1.82, 2.24) is 24.4 Å². The van der Waals surface area contributed by atoms with Gasteiger partial charge in [0.05, 0.1) is 18.1 Å². The van der Waals surface area contributed by atoms with Crippen LogP contribution in [0, 0.1) is 5.92 Å². The number of fused-ring (bicyclic) bond motifs is 4. The minimum absolute atomic E-state index is 0.00132. The Morgan fingerprint density at radius 2 is 2.17 bits per heavy atom. The molecular weight excluding hydrogens is 380 g/mol. The highest BCUT2D eigenvalue weighted by Gasteiger charge is 2.37. The van der Waals surface area contributed by atoms with E-state index in [1.54, 1.807) is 24.8 Å². The number of piperidine rings is 1. The maximum atomic E-state index is 13.0. The molecule has 3 aromatic heterocycles. The average Bonchev–Trinajstić information content (AvgIpc) is 3.27. The van der Waals surface area contributed by atoms with Gasteiger partial charge in [0, 0.05) is 67.4 Å². The summed E-state index contributed by atoms with van der Waals surface area (Å²) in [7, 11) is 0. The highest BCUT2D eigenvalue weighted by molar-refractivity contribution is 5.82. The van der Waals surface area contributed by atoms with Crippen LogP contribution in [0.1, 0.15) is 23.7 Å². The van der Waals surface area contributed by atoms with Gasteiger partial charge in [-0.05, 0) is 30.5 Å². The van der Waals surface area contributed by atoms with Crippen molar-refractivity contribution in [3.05, 3.63) is 70.8 Å². The molecule has 2 aliphatic heterocycles. The number of pyridine rings is 2. The Morgan fingerprint density at radius 1 is 1.27 bits per heavy atom. The Hall–Kier alpha value is -3.26. The van der Waals surface area contributed by atoms with Crippen LogP contribution >= 0.6 is 0 Å². The molecule has 0 unspecified atom stereocenters. The molecule has 0 aliphatic carbocycles. The lowest BCUT2D eigenvalue weighted by molar-refractivity contribution is -0.135. The Kier molecular flexibility index (Phi) is 4.71. The van der Waals surface area contributed by atoms with Gasteiger partial charge in [0.25, 0.3) is 5.56 Å². The fourth-order valence-corrected chi connectivity index (χ4v) is 4.78. The van der Waals surface area contributed by atoms with Crippen LogP contribution in [0.5, 0.6) is 0 Å². The number of nitrogens with two attached hydrogens (primary N) is 1. The summed E-state index contributed by atoms with van der Waals surface area (Å²) in [5, 5.41) is 0. The molecule has 2 bridgehead atoms. The average molecular weight is 404 g/mol. The van der Waals surface area contributed by atoms with Gasteiger partial charge in [-0.2, -0.15) is 0 Å². The van der Waals surface area contributed by atoms with Crippen LogP contribution in [0.15, 0.2) is 53.8 Å². The molecule has 1 fully saturated rings. The molecule has 0 spiro atoms. The van der Waals surface area contributed by atoms with Gasteiger partial charge in [0.1, 0.15) is 0 Å². The second kappa shape index (κ2) is 7.53. The SMILES string of the molecule is N[C@@H](Cc1cnc[nH]1)C(=O)N1C[C@@H]2C[C@H](C1)c1cc(-c3ccccn3)cc(=O)n1C2. The van der Waals surface area contributed by atoms with Crippen molar-refractivity contribution in [3.63, 3.8) is 0 Å². The third-order valence-electron chi connectivity index (χ3n) is 6.14. The molecule has 1 amide bonds. The number of nitrogens with one attached hydrogen (secondary N) is 1. The number of amides is 1. The molecule has 8 heteroatoms. The Morgan fingerprint density at radius 3 is 2.93 bits per heavy atom. The van der Waals surface area contributed by atoms with Crippen LogP contribution in [-0.4, -0.2) is 49.5 Å². The predicted octanol–water partition coefficient (Wildman–Crippen LogP) is 1.15. The maximum Gasteiger partial charge on any atom is 0.251 e. The maximum absolute atomic E-state index is 13.0. The number of hydrogen-bond donors (Lipinski definition) is 2. The van der Waals surface area contributed by atoms with Crippen molar-refractivity contribution in [1.29, 1.82) is 0 Å². The summed E-state index contributed by atoms with van der Waals surface area (Å²) in [6, 6.07) is 8.79. The lowest BCUT2D eigenvalue weighted by Gasteiger charge is -2.43. The minimum Gasteiger partial charge on any atom is -0.348 e. The first-order chi connectivity index (χ1) is 14.6. The molecule has 2 aliphatic rings. The Labute approximate surface area is 173 Å². The molecule has 30 heavy (non-hydrogen) atoms. The van der Waals surface area contributed by atoms with E-state index in [1.807, 2.05) is 27.7 Å². The molecule has 8 nitrogen and oxygen atoms in total. The van der Waals surface area contributed by atoms with Crippen molar-refractivity contribution in [2.75, 3.05) is 13.1 Å². The first-order valence-electron chi connectivity index (χ1n) is 10.3. The number of nitrogens with zero attached hydrogens (tertiary/aromatic N) is 4. The topological polar surface area (TPSA) is 110 Å². The smallest absolute Gasteiger partial charge is 0.251 e. The van der Waals surface area contributed by atoms with Crippen molar-refractivity contribution >= 4 is 5.91 Å². The van der Waals surface area contributed by atoms with Crippen LogP contribution in [-0.2, 0) is 17.8 Å². The summed E-state index contributed by atoms with van der Waals surface area (Å²) in [4.78, 5) is 39.1. The zero-order chi connectivity index (χ0) is 20.7. The van der Waals surface area contributed by atoms with Crippen molar-refractivity contribution in [2.24, 2.45) is 11.7 Å². The second-order valence-corrected chi connectivity index (χ2v) is 8.26. The number of hydrogen-bond acceptors (Lipinski definition) is 5. The van der Waals surface area contributed by atoms with Gasteiger partial charge in [-0.3, -0.25) is 14.6 Å². The molecular formula is C22H24N6O2. The zero-order valence-electron chi connectivity index (χ0n) is 16.6. The number of carbonyl (C=O) groups excluding carboxylic acids is 1. The molecule has 5 heterocycles. The highest BCUT2D eigenvalue weighted by atomic mass is 16.2. The van der Waals surface area contributed by atoms with E-state index in [0.717, 1.165) is 29.1 Å². The van der Waals surface area contributed by atoms with Crippen LogP contribution in [0.25, 0.3) is 11.3 Å². The van der Waals surface area contributed by atoms with E-state index in [4.69, 9.17) is 5.73 Å². The number of imidazole rings is 1. The van der Waals surface area contributed by atoms with Crippen molar-refractivity contribution < 1.29 is 4.79 Å². The summed E-state index contributed by atoms with van der Waals surface area (Å²) < 4.78 is 1.87. The van der Waals surface area contributed by atoms with E-state index >= 15 is 0 Å². The molecule has 3 atom stereocenters. The van der Waals surface area contributed by atoms with Crippen LogP contribution in [0.3, 0.4) is 0 Å². The van der Waals surface area contributed by atoms with Gasteiger partial charge < -0.3 is 20.2 Å². The lowest BCUT2D eigenvalue weighted by Crippen LogP contribution is -2.53. The first kappa shape index (κ1) is 18.7. The zero-order valence-corrected chi connectivity index (χ0v) is 16.6. The second-order valence-electron chi connectivity index (χ2n) is 8.26. The van der Waals surface area contributed by atoms with Gasteiger partial charge in [0.2, 0.25) is 5.91 Å². The number of aromatic amines is 1. The first-order valence-corrected chi connectivity index (χ1v) is 10.3. The summed E-state index contributed by atoms with van der Waals surface area (Å²) in [5.41, 5.74) is 9.65. The Balaban J connectivity index is 1.40. The quantitative estimate of drug-likeness (QED) is 0.678. The van der Waals surface area contributed by atoms with Gasteiger partial charge in [-0.15, -0.1) is 0 Å². The monoisotopic (exact) mass is 404 g/mol. The van der Waals surface area contributed by atoms with E-state index < -0.39 is 6.04 Å². The van der Waals surface area contributed by atoms with E-state index in [-0.39, 0.29) is 23.3 Å². The van der Waals surface area contributed by atoms with E-state index in [2.05, 4.69) is 21.0 Å². The van der Waals surface area contributed by atoms with E-state index in [1.165, 1.54) is 0 Å². The van der Waals surface area contributed by atoms with Crippen LogP contribution in [0.4, 0.5) is 0 Å². The standard InChI is InChI=1S/C22H24N6O2/c23-18(8-17-9-24-13-26-17)22(30)27-10-14-5-16(12-27)20-6-15(7-21(29)28(20)11-14)19-3-1-2-4-25-19/h1-4,6-7,9,13-14,16,18H,5,8,10-12,23H2,(H,24,26)/t14-,16+,18-/m0/s1. The lowest BCUT2D eigenvalue weighted by atomic mass is 9.82. The summed E-state index contributed by atoms with van der Waals surface area (Å²) >= 11 is 0. The molecule has 0 radical (unpaired) electrons. The summed E-state index contributed by atoms with van der Waals surface area (Å²) in [6.07, 6.45) is 6.42. The van der Waals surface area contributed by atoms with Gasteiger partial charge in [0.15, 0.2) is 0 Å². The van der Waals surface area contributed by atoms with Gasteiger partial charge in [-0.1, -0.05) is 6.07 Å². The fourth-order valence-electron chi connectivity index (χ4n) is 4.78.